The van der Waals surface area contributed by atoms with E-state index in [9.17, 15) is 9.59 Å². The van der Waals surface area contributed by atoms with E-state index in [0.717, 1.165) is 23.0 Å². The van der Waals surface area contributed by atoms with Gasteiger partial charge in [-0.05, 0) is 62.6 Å². The van der Waals surface area contributed by atoms with Gasteiger partial charge in [0.2, 0.25) is 5.91 Å². The lowest BCUT2D eigenvalue weighted by atomic mass is 9.92. The van der Waals surface area contributed by atoms with Gasteiger partial charge in [0.1, 0.15) is 0 Å². The summed E-state index contributed by atoms with van der Waals surface area (Å²) < 4.78 is 0. The molecule has 32 heavy (non-hydrogen) atoms. The van der Waals surface area contributed by atoms with Gasteiger partial charge in [-0.1, -0.05) is 35.5 Å². The second-order valence-electron chi connectivity index (χ2n) is 8.35. The number of nitrogens with zero attached hydrogens (tertiary/aromatic N) is 3. The number of aliphatic imine (C=N–C) groups is 1. The first-order chi connectivity index (χ1) is 15.4. The van der Waals surface area contributed by atoms with E-state index < -0.39 is 0 Å². The first-order valence-electron chi connectivity index (χ1n) is 11.2. The van der Waals surface area contributed by atoms with Gasteiger partial charge < -0.3 is 15.1 Å². The number of amides is 2. The van der Waals surface area contributed by atoms with Crippen LogP contribution in [0.15, 0.2) is 51.6 Å². The van der Waals surface area contributed by atoms with Gasteiger partial charge in [-0.15, -0.1) is 0 Å². The van der Waals surface area contributed by atoms with Crippen LogP contribution in [0.2, 0.25) is 5.02 Å². The Bertz CT molecular complexity index is 994. The molecule has 4 rings (SSSR count). The standard InChI is InChI=1S/C24H29ClN4O2S/c1-4-28(5-2)23(31)21-15(3)27-24-29(22(21)17-8-10-18(25)11-9-17)19(14-32-24)12-20(30)26-13-16-6-7-16/h8-11,14,16,22H,4-7,12-13H2,1-3H3,(H,26,30). The van der Waals surface area contributed by atoms with Crippen molar-refractivity contribution >= 4 is 40.3 Å². The van der Waals surface area contributed by atoms with Crippen LogP contribution in [0.4, 0.5) is 0 Å². The normalized spacial score (nSPS) is 20.0. The van der Waals surface area contributed by atoms with E-state index in [0.29, 0.717) is 35.3 Å². The predicted molar refractivity (Wildman–Crippen MR) is 130 cm³/mol. The van der Waals surface area contributed by atoms with Crippen LogP contribution >= 0.6 is 23.4 Å². The van der Waals surface area contributed by atoms with Gasteiger partial charge >= 0.3 is 0 Å². The maximum atomic E-state index is 13.6. The minimum absolute atomic E-state index is 0.00255. The summed E-state index contributed by atoms with van der Waals surface area (Å²) >= 11 is 7.66. The van der Waals surface area contributed by atoms with Crippen molar-refractivity contribution in [3.05, 3.63) is 57.2 Å². The van der Waals surface area contributed by atoms with E-state index in [2.05, 4.69) is 5.32 Å². The Hall–Kier alpha value is -2.25. The van der Waals surface area contributed by atoms with E-state index in [4.69, 9.17) is 16.6 Å². The smallest absolute Gasteiger partial charge is 0.254 e. The Morgan fingerprint density at radius 3 is 2.53 bits per heavy atom. The zero-order valence-electron chi connectivity index (χ0n) is 18.7. The molecule has 2 aliphatic heterocycles. The molecule has 0 radical (unpaired) electrons. The van der Waals surface area contributed by atoms with Crippen LogP contribution in [0, 0.1) is 5.92 Å². The Morgan fingerprint density at radius 1 is 1.22 bits per heavy atom. The molecule has 1 fully saturated rings. The molecule has 1 saturated carbocycles. The van der Waals surface area contributed by atoms with Crippen LogP contribution < -0.4 is 5.32 Å². The maximum Gasteiger partial charge on any atom is 0.254 e. The molecule has 0 saturated heterocycles. The number of carbonyl (C=O) groups excluding carboxylic acids is 2. The van der Waals surface area contributed by atoms with Gasteiger partial charge in [-0.25, -0.2) is 4.99 Å². The number of halogens is 1. The highest BCUT2D eigenvalue weighted by Crippen LogP contribution is 2.45. The van der Waals surface area contributed by atoms with Crippen molar-refractivity contribution in [3.8, 4) is 0 Å². The Balaban J connectivity index is 1.68. The molecule has 2 heterocycles. The second-order valence-corrected chi connectivity index (χ2v) is 9.62. The van der Waals surface area contributed by atoms with Crippen molar-refractivity contribution in [1.29, 1.82) is 0 Å². The third kappa shape index (κ3) is 4.74. The minimum Gasteiger partial charge on any atom is -0.355 e. The molecule has 1 atom stereocenters. The maximum absolute atomic E-state index is 13.6. The summed E-state index contributed by atoms with van der Waals surface area (Å²) in [7, 11) is 0. The molecule has 3 aliphatic rings. The fourth-order valence-corrected chi connectivity index (χ4v) is 5.18. The van der Waals surface area contributed by atoms with E-state index in [1.54, 1.807) is 0 Å². The summed E-state index contributed by atoms with van der Waals surface area (Å²) in [5.41, 5.74) is 3.17. The van der Waals surface area contributed by atoms with Crippen LogP contribution in [-0.4, -0.2) is 46.4 Å². The van der Waals surface area contributed by atoms with Crippen LogP contribution in [0.3, 0.4) is 0 Å². The van der Waals surface area contributed by atoms with Crippen molar-refractivity contribution in [1.82, 2.24) is 15.1 Å². The van der Waals surface area contributed by atoms with Crippen molar-refractivity contribution in [2.45, 2.75) is 46.1 Å². The Kier molecular flexibility index (Phi) is 6.96. The lowest BCUT2D eigenvalue weighted by Gasteiger charge is -2.38. The molecule has 0 bridgehead atoms. The van der Waals surface area contributed by atoms with Crippen molar-refractivity contribution < 1.29 is 9.59 Å². The molecular formula is C24H29ClN4O2S. The molecule has 1 aromatic rings. The average molecular weight is 473 g/mol. The predicted octanol–water partition coefficient (Wildman–Crippen LogP) is 4.70. The molecule has 2 amide bonds. The van der Waals surface area contributed by atoms with Gasteiger partial charge in [-0.3, -0.25) is 9.59 Å². The molecule has 1 aliphatic carbocycles. The van der Waals surface area contributed by atoms with Crippen molar-refractivity contribution in [2.24, 2.45) is 10.9 Å². The molecule has 170 valence electrons. The van der Waals surface area contributed by atoms with Gasteiger partial charge in [0.25, 0.3) is 5.91 Å². The zero-order valence-corrected chi connectivity index (χ0v) is 20.3. The molecule has 1 aromatic carbocycles. The number of nitrogens with one attached hydrogen (secondary N) is 1. The number of rotatable bonds is 8. The number of amidine groups is 1. The first-order valence-corrected chi connectivity index (χ1v) is 12.4. The fraction of sp³-hybridized carbons (Fsp3) is 0.458. The SMILES string of the molecule is CCN(CC)C(=O)C1=C(C)N=C2SC=C(CC(=O)NCC3CC3)N2C1c1ccc(Cl)cc1. The number of benzene rings is 1. The second kappa shape index (κ2) is 9.71. The molecule has 1 unspecified atom stereocenters. The van der Waals surface area contributed by atoms with Gasteiger partial charge in [0.05, 0.1) is 23.7 Å². The molecule has 6 nitrogen and oxygen atoms in total. The Morgan fingerprint density at radius 2 is 1.91 bits per heavy atom. The summed E-state index contributed by atoms with van der Waals surface area (Å²) in [6.45, 7) is 7.84. The van der Waals surface area contributed by atoms with Crippen molar-refractivity contribution in [2.75, 3.05) is 19.6 Å². The number of carbonyl (C=O) groups is 2. The molecule has 8 heteroatoms. The third-order valence-corrected chi connectivity index (χ3v) is 7.23. The van der Waals surface area contributed by atoms with Crippen LogP contribution in [0.25, 0.3) is 0 Å². The van der Waals surface area contributed by atoms with Crippen molar-refractivity contribution in [3.63, 3.8) is 0 Å². The molecule has 1 N–H and O–H groups in total. The minimum atomic E-state index is -0.356. The molecule has 0 aromatic heterocycles. The lowest BCUT2D eigenvalue weighted by Crippen LogP contribution is -2.42. The quantitative estimate of drug-likeness (QED) is 0.595. The largest absolute Gasteiger partial charge is 0.355 e. The van der Waals surface area contributed by atoms with E-state index in [1.165, 1.54) is 24.6 Å². The summed E-state index contributed by atoms with van der Waals surface area (Å²) in [5.74, 6) is 0.608. The highest BCUT2D eigenvalue weighted by Gasteiger charge is 2.41. The van der Waals surface area contributed by atoms with Crippen LogP contribution in [0.5, 0.6) is 0 Å². The number of thioether (sulfide) groups is 1. The third-order valence-electron chi connectivity index (χ3n) is 6.09. The number of likely N-dealkylation sites (N-methyl/N-ethyl adjacent to an activating group) is 1. The number of fused-ring (bicyclic) bond motifs is 1. The number of hydrogen-bond donors (Lipinski definition) is 1. The summed E-state index contributed by atoms with van der Waals surface area (Å²) in [5, 5.41) is 6.47. The number of allylic oxidation sites excluding steroid dienone is 1. The van der Waals surface area contributed by atoms with Crippen LogP contribution in [0.1, 0.15) is 51.6 Å². The zero-order chi connectivity index (χ0) is 22.8. The van der Waals surface area contributed by atoms with Gasteiger partial charge in [0, 0.05) is 30.4 Å². The first kappa shape index (κ1) is 22.9. The van der Waals surface area contributed by atoms with E-state index >= 15 is 0 Å². The highest BCUT2D eigenvalue weighted by molar-refractivity contribution is 8.16. The van der Waals surface area contributed by atoms with Crippen LogP contribution in [-0.2, 0) is 9.59 Å². The van der Waals surface area contributed by atoms with Gasteiger partial charge in [0.15, 0.2) is 5.17 Å². The summed E-state index contributed by atoms with van der Waals surface area (Å²) in [4.78, 5) is 34.8. The van der Waals surface area contributed by atoms with Gasteiger partial charge in [-0.2, -0.15) is 0 Å². The van der Waals surface area contributed by atoms with E-state index in [1.807, 2.05) is 60.2 Å². The lowest BCUT2D eigenvalue weighted by molar-refractivity contribution is -0.127. The van der Waals surface area contributed by atoms with E-state index in [-0.39, 0.29) is 24.3 Å². The topological polar surface area (TPSA) is 65.0 Å². The highest BCUT2D eigenvalue weighted by atomic mass is 35.5. The number of hydrogen-bond acceptors (Lipinski definition) is 5. The molecular weight excluding hydrogens is 444 g/mol. The monoisotopic (exact) mass is 472 g/mol. The fourth-order valence-electron chi connectivity index (χ4n) is 4.09. The Labute approximate surface area is 198 Å². The average Bonchev–Trinajstić information content (AvgIpc) is 3.53. The molecule has 0 spiro atoms. The summed E-state index contributed by atoms with van der Waals surface area (Å²) in [6.07, 6.45) is 2.65. The summed E-state index contributed by atoms with van der Waals surface area (Å²) in [6, 6.07) is 7.22.